The van der Waals surface area contributed by atoms with Crippen molar-refractivity contribution in [1.29, 1.82) is 0 Å². The van der Waals surface area contributed by atoms with Gasteiger partial charge in [0.15, 0.2) is 17.2 Å². The molecule has 0 aliphatic rings. The molecule has 1 N–H and O–H groups in total. The third-order valence-corrected chi connectivity index (χ3v) is 7.50. The topological polar surface area (TPSA) is 103 Å². The van der Waals surface area contributed by atoms with Gasteiger partial charge in [0.25, 0.3) is 5.91 Å². The first kappa shape index (κ1) is 29.1. The summed E-state index contributed by atoms with van der Waals surface area (Å²) in [4.78, 5) is 12.7. The number of nitrogens with one attached hydrogen (secondary N) is 1. The van der Waals surface area contributed by atoms with E-state index in [9.17, 15) is 13.2 Å². The van der Waals surface area contributed by atoms with E-state index in [2.05, 4.69) is 26.5 Å². The summed E-state index contributed by atoms with van der Waals surface area (Å²) >= 11 is 9.14. The number of carbonyl (C=O) groups excluding carboxylic acids is 1. The van der Waals surface area contributed by atoms with E-state index in [0.29, 0.717) is 45.3 Å². The van der Waals surface area contributed by atoms with Gasteiger partial charge in [-0.15, -0.1) is 0 Å². The quantitative estimate of drug-likeness (QED) is 0.112. The molecule has 0 spiro atoms. The van der Waals surface area contributed by atoms with Crippen LogP contribution < -0.4 is 19.1 Å². The highest BCUT2D eigenvalue weighted by molar-refractivity contribution is 9.10. The zero-order valence-electron chi connectivity index (χ0n) is 21.2. The average Bonchev–Trinajstić information content (AvgIpc) is 2.94. The first-order valence-corrected chi connectivity index (χ1v) is 14.6. The molecular weight excluding hydrogens is 620 g/mol. The molecular formula is C29H24BrClN2O6S. The zero-order chi connectivity index (χ0) is 28.5. The molecule has 0 fully saturated rings. The van der Waals surface area contributed by atoms with Gasteiger partial charge in [-0.3, -0.25) is 4.79 Å². The summed E-state index contributed by atoms with van der Waals surface area (Å²) in [7, 11) is -4.05. The van der Waals surface area contributed by atoms with Gasteiger partial charge in [0.05, 0.1) is 17.3 Å². The molecule has 0 aliphatic heterocycles. The maximum atomic E-state index is 12.7. The van der Waals surface area contributed by atoms with Gasteiger partial charge in [0.2, 0.25) is 0 Å². The molecule has 1 amide bonds. The van der Waals surface area contributed by atoms with E-state index in [4.69, 9.17) is 25.3 Å². The molecule has 0 saturated heterocycles. The van der Waals surface area contributed by atoms with Gasteiger partial charge in [-0.05, 0) is 94.6 Å². The average molecular weight is 644 g/mol. The molecule has 0 radical (unpaired) electrons. The lowest BCUT2D eigenvalue weighted by Crippen LogP contribution is -2.17. The number of halogens is 2. The molecule has 0 heterocycles. The van der Waals surface area contributed by atoms with Crippen LogP contribution in [-0.4, -0.2) is 27.1 Å². The third-order valence-electron chi connectivity index (χ3n) is 5.38. The number of nitrogens with zero attached hydrogens (tertiary/aromatic N) is 1. The maximum Gasteiger partial charge on any atom is 0.339 e. The van der Waals surface area contributed by atoms with Crippen LogP contribution in [0.1, 0.15) is 28.4 Å². The van der Waals surface area contributed by atoms with Gasteiger partial charge in [-0.1, -0.05) is 41.9 Å². The van der Waals surface area contributed by atoms with Gasteiger partial charge in [0, 0.05) is 10.6 Å². The number of ether oxygens (including phenoxy) is 2. The summed E-state index contributed by atoms with van der Waals surface area (Å²) in [6.45, 7) is 2.61. The van der Waals surface area contributed by atoms with Crippen LogP contribution in [0.4, 0.5) is 0 Å². The molecule has 0 saturated carbocycles. The van der Waals surface area contributed by atoms with Crippen LogP contribution in [0.3, 0.4) is 0 Å². The van der Waals surface area contributed by atoms with Crippen molar-refractivity contribution in [3.05, 3.63) is 117 Å². The second-order valence-electron chi connectivity index (χ2n) is 8.25. The van der Waals surface area contributed by atoms with Crippen LogP contribution in [-0.2, 0) is 16.7 Å². The monoisotopic (exact) mass is 642 g/mol. The van der Waals surface area contributed by atoms with E-state index < -0.39 is 16.0 Å². The highest BCUT2D eigenvalue weighted by atomic mass is 79.9. The Balaban J connectivity index is 1.38. The fourth-order valence-corrected chi connectivity index (χ4v) is 5.09. The van der Waals surface area contributed by atoms with Crippen LogP contribution in [0.5, 0.6) is 17.2 Å². The lowest BCUT2D eigenvalue weighted by atomic mass is 10.2. The van der Waals surface area contributed by atoms with E-state index in [-0.39, 0.29) is 10.6 Å². The van der Waals surface area contributed by atoms with Crippen molar-refractivity contribution >= 4 is 49.8 Å². The molecule has 11 heteroatoms. The Bertz CT molecular complexity index is 1610. The van der Waals surface area contributed by atoms with Gasteiger partial charge >= 0.3 is 10.1 Å². The molecule has 40 heavy (non-hydrogen) atoms. The number of rotatable bonds is 11. The highest BCUT2D eigenvalue weighted by Gasteiger charge is 2.18. The Morgan fingerprint density at radius 2 is 1.65 bits per heavy atom. The Morgan fingerprint density at radius 1 is 0.925 bits per heavy atom. The lowest BCUT2D eigenvalue weighted by Gasteiger charge is -2.13. The summed E-state index contributed by atoms with van der Waals surface area (Å²) in [6, 6.07) is 25.0. The van der Waals surface area contributed by atoms with E-state index >= 15 is 0 Å². The Hall–Kier alpha value is -3.86. The van der Waals surface area contributed by atoms with Crippen molar-refractivity contribution in [2.75, 3.05) is 6.61 Å². The zero-order valence-corrected chi connectivity index (χ0v) is 24.4. The summed E-state index contributed by atoms with van der Waals surface area (Å²) in [5, 5.41) is 4.42. The maximum absolute atomic E-state index is 12.7. The summed E-state index contributed by atoms with van der Waals surface area (Å²) in [6.07, 6.45) is 1.42. The summed E-state index contributed by atoms with van der Waals surface area (Å²) in [5.41, 5.74) is 4.41. The first-order chi connectivity index (χ1) is 19.2. The molecule has 0 bridgehead atoms. The number of hydrogen-bond donors (Lipinski definition) is 1. The lowest BCUT2D eigenvalue weighted by molar-refractivity contribution is 0.0954. The molecule has 4 aromatic rings. The van der Waals surface area contributed by atoms with Crippen molar-refractivity contribution in [2.24, 2.45) is 5.10 Å². The second kappa shape index (κ2) is 13.5. The number of hydrogen-bond acceptors (Lipinski definition) is 7. The number of benzene rings is 4. The van der Waals surface area contributed by atoms with Crippen LogP contribution in [0.2, 0.25) is 5.02 Å². The van der Waals surface area contributed by atoms with Crippen molar-refractivity contribution in [2.45, 2.75) is 18.4 Å². The normalized spacial score (nSPS) is 11.3. The van der Waals surface area contributed by atoms with Gasteiger partial charge in [0.1, 0.15) is 11.5 Å². The van der Waals surface area contributed by atoms with Crippen LogP contribution >= 0.6 is 27.5 Å². The predicted octanol–water partition coefficient (Wildman–Crippen LogP) is 6.61. The van der Waals surface area contributed by atoms with Crippen molar-refractivity contribution in [1.82, 2.24) is 5.43 Å². The summed E-state index contributed by atoms with van der Waals surface area (Å²) in [5.74, 6) is 0.619. The van der Waals surface area contributed by atoms with Crippen LogP contribution in [0.25, 0.3) is 0 Å². The van der Waals surface area contributed by atoms with Gasteiger partial charge in [-0.25, -0.2) is 5.43 Å². The Morgan fingerprint density at radius 3 is 2.35 bits per heavy atom. The SMILES string of the molecule is CCOc1cc(C(=O)N/N=C/c2ccc(OS(=O)(=O)c3ccc(Cl)cc3)c(Br)c2)ccc1OCc1ccccc1. The van der Waals surface area contributed by atoms with Crippen LogP contribution in [0, 0.1) is 0 Å². The standard InChI is InChI=1S/C29H24BrClN2O6S/c1-2-37-28-17-22(9-15-27(28)38-19-20-6-4-3-5-7-20)29(34)33-32-18-21-8-14-26(25(30)16-21)39-40(35,36)24-12-10-23(31)11-13-24/h3-18H,2,19H2,1H3,(H,33,34)/b32-18+. The molecule has 206 valence electrons. The van der Waals surface area contributed by atoms with E-state index in [0.717, 1.165) is 5.56 Å². The minimum Gasteiger partial charge on any atom is -0.490 e. The minimum atomic E-state index is -4.05. The molecule has 0 aromatic heterocycles. The second-order valence-corrected chi connectivity index (χ2v) is 11.1. The van der Waals surface area contributed by atoms with Gasteiger partial charge in [-0.2, -0.15) is 13.5 Å². The Labute approximate surface area is 245 Å². The van der Waals surface area contributed by atoms with Crippen molar-refractivity contribution in [3.63, 3.8) is 0 Å². The molecule has 0 unspecified atom stereocenters. The Kier molecular flexibility index (Phi) is 9.81. The van der Waals surface area contributed by atoms with Crippen molar-refractivity contribution < 1.29 is 26.9 Å². The van der Waals surface area contributed by atoms with E-state index in [1.165, 1.54) is 36.5 Å². The molecule has 0 aliphatic carbocycles. The third kappa shape index (κ3) is 7.84. The van der Waals surface area contributed by atoms with E-state index in [1.54, 1.807) is 30.3 Å². The first-order valence-electron chi connectivity index (χ1n) is 12.0. The summed E-state index contributed by atoms with van der Waals surface area (Å²) < 4.78 is 42.3. The van der Waals surface area contributed by atoms with Gasteiger partial charge < -0.3 is 13.7 Å². The fourth-order valence-electron chi connectivity index (χ4n) is 3.43. The number of amides is 1. The fraction of sp³-hybridized carbons (Fsp3) is 0.103. The molecule has 8 nitrogen and oxygen atoms in total. The van der Waals surface area contributed by atoms with Crippen molar-refractivity contribution in [3.8, 4) is 17.2 Å². The van der Waals surface area contributed by atoms with Crippen LogP contribution in [0.15, 0.2) is 105 Å². The number of carbonyl (C=O) groups is 1. The highest BCUT2D eigenvalue weighted by Crippen LogP contribution is 2.30. The molecule has 4 rings (SSSR count). The smallest absolute Gasteiger partial charge is 0.339 e. The predicted molar refractivity (Wildman–Crippen MR) is 157 cm³/mol. The minimum absolute atomic E-state index is 0.0274. The van der Waals surface area contributed by atoms with E-state index in [1.807, 2.05) is 37.3 Å². The number of hydrazone groups is 1. The molecule has 0 atom stereocenters. The largest absolute Gasteiger partial charge is 0.490 e. The molecule has 4 aromatic carbocycles.